The van der Waals surface area contributed by atoms with Crippen LogP contribution in [0.4, 0.5) is 0 Å². The maximum absolute atomic E-state index is 10.1. The Morgan fingerprint density at radius 3 is 2.47 bits per heavy atom. The molecule has 7 heteroatoms. The van der Waals surface area contributed by atoms with Crippen LogP contribution < -0.4 is 0 Å². The summed E-state index contributed by atoms with van der Waals surface area (Å²) in [5.41, 5.74) is 0.698. The van der Waals surface area contributed by atoms with Gasteiger partial charge in [-0.3, -0.25) is 4.90 Å². The zero-order chi connectivity index (χ0) is 26.6. The quantitative estimate of drug-likeness (QED) is 0.444. The second-order valence-electron chi connectivity index (χ2n) is 9.62. The van der Waals surface area contributed by atoms with Crippen LogP contribution >= 0.6 is 11.3 Å². The first kappa shape index (κ1) is 29.8. The molecule has 3 heterocycles. The van der Waals surface area contributed by atoms with Crippen molar-refractivity contribution in [1.29, 1.82) is 10.5 Å². The molecule has 1 saturated heterocycles. The summed E-state index contributed by atoms with van der Waals surface area (Å²) in [5.74, 6) is 1.02. The van der Waals surface area contributed by atoms with E-state index in [2.05, 4.69) is 61.8 Å². The molecule has 0 radical (unpaired) electrons. The smallest absolute Gasteiger partial charge is 0.198 e. The SMILES string of the molecule is CC.CC1=C/C(C)N=C(CN2CCN(CCCC(C#N)(c3ccc(C#N)s3)C(C)C)CC2)OC/C=C\1. The molecule has 36 heavy (non-hydrogen) atoms. The van der Waals surface area contributed by atoms with Crippen molar-refractivity contribution in [3.63, 3.8) is 0 Å². The van der Waals surface area contributed by atoms with Crippen molar-refractivity contribution in [2.75, 3.05) is 45.9 Å². The number of thiophene rings is 1. The van der Waals surface area contributed by atoms with Crippen LogP contribution in [-0.4, -0.2) is 67.6 Å². The highest BCUT2D eigenvalue weighted by Gasteiger charge is 2.37. The summed E-state index contributed by atoms with van der Waals surface area (Å²) in [4.78, 5) is 11.4. The molecule has 1 aromatic heterocycles. The highest BCUT2D eigenvalue weighted by atomic mass is 32.1. The summed E-state index contributed by atoms with van der Waals surface area (Å²) in [5, 5.41) is 19.3. The number of hydrogen-bond donors (Lipinski definition) is 0. The third kappa shape index (κ3) is 8.30. The lowest BCUT2D eigenvalue weighted by atomic mass is 9.73. The second-order valence-corrected chi connectivity index (χ2v) is 10.7. The Kier molecular flexibility index (Phi) is 12.4. The predicted octanol–water partition coefficient (Wildman–Crippen LogP) is 5.78. The van der Waals surface area contributed by atoms with Gasteiger partial charge in [-0.05, 0) is 57.4 Å². The monoisotopic (exact) mass is 509 g/mol. The Morgan fingerprint density at radius 1 is 1.17 bits per heavy atom. The van der Waals surface area contributed by atoms with Gasteiger partial charge in [-0.2, -0.15) is 10.5 Å². The molecule has 0 aromatic carbocycles. The summed E-state index contributed by atoms with van der Waals surface area (Å²) >= 11 is 1.47. The van der Waals surface area contributed by atoms with Crippen molar-refractivity contribution < 1.29 is 4.74 Å². The number of aliphatic imine (C=N–C) groups is 1. The van der Waals surface area contributed by atoms with Crippen LogP contribution in [0.3, 0.4) is 0 Å². The Hall–Kier alpha value is -2.45. The molecule has 2 atom stereocenters. The molecule has 2 aliphatic heterocycles. The molecule has 6 nitrogen and oxygen atoms in total. The van der Waals surface area contributed by atoms with Crippen molar-refractivity contribution in [2.24, 2.45) is 10.9 Å². The molecule has 0 spiro atoms. The van der Waals surface area contributed by atoms with Crippen LogP contribution in [0.25, 0.3) is 0 Å². The van der Waals surface area contributed by atoms with Crippen LogP contribution in [0, 0.1) is 28.6 Å². The minimum absolute atomic E-state index is 0.119. The third-order valence-electron chi connectivity index (χ3n) is 6.79. The van der Waals surface area contributed by atoms with Gasteiger partial charge in [0, 0.05) is 31.1 Å². The minimum Gasteiger partial charge on any atom is -0.476 e. The maximum atomic E-state index is 10.1. The first-order chi connectivity index (χ1) is 17.4. The van der Waals surface area contributed by atoms with Gasteiger partial charge in [0.25, 0.3) is 0 Å². The van der Waals surface area contributed by atoms with Gasteiger partial charge in [0.1, 0.15) is 17.6 Å². The number of allylic oxidation sites excluding steroid dienone is 2. The number of nitriles is 2. The van der Waals surface area contributed by atoms with E-state index in [-0.39, 0.29) is 12.0 Å². The standard InChI is InChI=1S/C27H37N5OS.C2H6/c1-21(2)27(20-29,25-9-8-24(18-28)34-25)10-6-11-31-12-14-32(15-13-31)19-26-30-23(4)17-22(3)7-5-16-33-26;1-2/h5,7-9,17,21,23H,6,10-16,19H2,1-4H3;1-2H3/b7-5-,22-17-,30-26?;. The Balaban J connectivity index is 0.00000222. The van der Waals surface area contributed by atoms with Crippen molar-refractivity contribution in [3.05, 3.63) is 45.7 Å². The van der Waals surface area contributed by atoms with E-state index < -0.39 is 5.41 Å². The largest absolute Gasteiger partial charge is 0.476 e. The van der Waals surface area contributed by atoms with Crippen molar-refractivity contribution in [2.45, 2.75) is 65.8 Å². The number of ether oxygens (including phenoxy) is 1. The average molecular weight is 510 g/mol. The molecule has 1 fully saturated rings. The Bertz CT molecular complexity index is 988. The van der Waals surface area contributed by atoms with E-state index >= 15 is 0 Å². The maximum Gasteiger partial charge on any atom is 0.198 e. The van der Waals surface area contributed by atoms with Gasteiger partial charge in [0.05, 0.1) is 24.1 Å². The molecule has 0 bridgehead atoms. The number of rotatable bonds is 8. The lowest BCUT2D eigenvalue weighted by Crippen LogP contribution is -2.48. The fourth-order valence-corrected chi connectivity index (χ4v) is 5.84. The molecular formula is C29H43N5OS. The number of nitrogens with zero attached hydrogens (tertiary/aromatic N) is 5. The van der Waals surface area contributed by atoms with Crippen molar-refractivity contribution in [3.8, 4) is 12.1 Å². The van der Waals surface area contributed by atoms with E-state index in [1.807, 2.05) is 32.1 Å². The number of hydrogen-bond acceptors (Lipinski definition) is 7. The van der Waals surface area contributed by atoms with E-state index in [9.17, 15) is 10.5 Å². The first-order valence-electron chi connectivity index (χ1n) is 13.3. The zero-order valence-electron chi connectivity index (χ0n) is 23.0. The van der Waals surface area contributed by atoms with E-state index in [1.165, 1.54) is 16.9 Å². The second kappa shape index (κ2) is 15.0. The van der Waals surface area contributed by atoms with Gasteiger partial charge in [0.2, 0.25) is 0 Å². The van der Waals surface area contributed by atoms with Gasteiger partial charge in [-0.1, -0.05) is 45.4 Å². The summed E-state index contributed by atoms with van der Waals surface area (Å²) in [6.07, 6.45) is 8.09. The highest BCUT2D eigenvalue weighted by Crippen LogP contribution is 2.40. The normalized spacial score (nSPS) is 23.1. The van der Waals surface area contributed by atoms with Crippen molar-refractivity contribution >= 4 is 17.2 Å². The average Bonchev–Trinajstić information content (AvgIpc) is 3.37. The van der Waals surface area contributed by atoms with Crippen LogP contribution in [0.1, 0.15) is 64.1 Å². The molecule has 0 aliphatic carbocycles. The van der Waals surface area contributed by atoms with Crippen molar-refractivity contribution in [1.82, 2.24) is 9.80 Å². The van der Waals surface area contributed by atoms with Gasteiger partial charge >= 0.3 is 0 Å². The summed E-state index contributed by atoms with van der Waals surface area (Å²) in [7, 11) is 0. The molecule has 0 amide bonds. The van der Waals surface area contributed by atoms with Crippen LogP contribution in [0.5, 0.6) is 0 Å². The molecular weight excluding hydrogens is 466 g/mol. The lowest BCUT2D eigenvalue weighted by molar-refractivity contribution is 0.135. The predicted molar refractivity (Wildman–Crippen MR) is 150 cm³/mol. The van der Waals surface area contributed by atoms with Crippen LogP contribution in [0.2, 0.25) is 0 Å². The van der Waals surface area contributed by atoms with Crippen LogP contribution in [-0.2, 0) is 10.2 Å². The van der Waals surface area contributed by atoms with E-state index in [4.69, 9.17) is 9.73 Å². The lowest BCUT2D eigenvalue weighted by Gasteiger charge is -2.36. The highest BCUT2D eigenvalue weighted by molar-refractivity contribution is 7.12. The first-order valence-corrected chi connectivity index (χ1v) is 14.1. The molecule has 2 aliphatic rings. The van der Waals surface area contributed by atoms with E-state index in [0.717, 1.165) is 62.9 Å². The Labute approximate surface area is 222 Å². The Morgan fingerprint density at radius 2 is 1.86 bits per heavy atom. The molecule has 0 saturated carbocycles. The van der Waals surface area contributed by atoms with E-state index in [1.54, 1.807) is 0 Å². The molecule has 1 aromatic rings. The number of piperazine rings is 1. The molecule has 0 N–H and O–H groups in total. The van der Waals surface area contributed by atoms with Gasteiger partial charge < -0.3 is 9.64 Å². The third-order valence-corrected chi connectivity index (χ3v) is 7.96. The molecule has 3 rings (SSSR count). The fourth-order valence-electron chi connectivity index (χ4n) is 4.72. The molecule has 2 unspecified atom stereocenters. The topological polar surface area (TPSA) is 75.6 Å². The molecule has 196 valence electrons. The van der Waals surface area contributed by atoms with Crippen LogP contribution in [0.15, 0.2) is 40.9 Å². The van der Waals surface area contributed by atoms with E-state index in [0.29, 0.717) is 11.5 Å². The summed E-state index contributed by atoms with van der Waals surface area (Å²) < 4.78 is 5.93. The summed E-state index contributed by atoms with van der Waals surface area (Å²) in [6.45, 7) is 18.7. The van der Waals surface area contributed by atoms with Gasteiger partial charge in [-0.15, -0.1) is 11.3 Å². The summed E-state index contributed by atoms with van der Waals surface area (Å²) in [6, 6.07) is 8.76. The van der Waals surface area contributed by atoms with Gasteiger partial charge in [-0.25, -0.2) is 4.99 Å². The minimum atomic E-state index is -0.522. The fraction of sp³-hybridized carbons (Fsp3) is 0.621. The van der Waals surface area contributed by atoms with Gasteiger partial charge in [0.15, 0.2) is 5.90 Å². The zero-order valence-corrected chi connectivity index (χ0v) is 23.8.